The molecule has 0 saturated heterocycles. The molecule has 0 spiro atoms. The first-order chi connectivity index (χ1) is 12.1. The molecule has 1 heterocycles. The minimum Gasteiger partial charge on any atom is -0.457 e. The fraction of sp³-hybridized carbons (Fsp3) is 0. The molecule has 2 aromatic carbocycles. The summed E-state index contributed by atoms with van der Waals surface area (Å²) in [6.45, 7) is 0. The molecule has 25 heavy (non-hydrogen) atoms. The summed E-state index contributed by atoms with van der Waals surface area (Å²) < 4.78 is 18.9. The van der Waals surface area contributed by atoms with Gasteiger partial charge in [0.2, 0.25) is 0 Å². The van der Waals surface area contributed by atoms with Gasteiger partial charge in [-0.25, -0.2) is 4.39 Å². The predicted octanol–water partition coefficient (Wildman–Crippen LogP) is 5.06. The van der Waals surface area contributed by atoms with Gasteiger partial charge >= 0.3 is 0 Å². The topological polar surface area (TPSA) is 80.1 Å². The molecule has 0 bridgehead atoms. The molecule has 1 aromatic heterocycles. The van der Waals surface area contributed by atoms with Crippen molar-refractivity contribution in [2.24, 2.45) is 0 Å². The number of hydrogen-bond donors (Lipinski definition) is 0. The number of nitrogens with zero attached hydrogens (tertiary/aromatic N) is 2. The molecule has 3 aromatic rings. The van der Waals surface area contributed by atoms with Crippen LogP contribution in [0.25, 0.3) is 23.0 Å². The lowest BCUT2D eigenvalue weighted by atomic mass is 10.1. The number of allylic oxidation sites excluding steroid dienone is 1. The van der Waals surface area contributed by atoms with Crippen LogP contribution in [0.4, 0.5) is 10.1 Å². The number of non-ortho nitro benzene ring substituents is 1. The van der Waals surface area contributed by atoms with Crippen molar-refractivity contribution >= 4 is 17.3 Å². The monoisotopic (exact) mass is 334 g/mol. The highest BCUT2D eigenvalue weighted by atomic mass is 19.1. The quantitative estimate of drug-likeness (QED) is 0.379. The van der Waals surface area contributed by atoms with Gasteiger partial charge in [0.15, 0.2) is 0 Å². The Morgan fingerprint density at radius 3 is 2.68 bits per heavy atom. The van der Waals surface area contributed by atoms with Crippen LogP contribution in [0.5, 0.6) is 0 Å². The zero-order chi connectivity index (χ0) is 17.8. The first-order valence-corrected chi connectivity index (χ1v) is 7.29. The molecular formula is C19H11FN2O3. The Hall–Kier alpha value is -3.72. The van der Waals surface area contributed by atoms with Crippen molar-refractivity contribution in [3.05, 3.63) is 87.9 Å². The van der Waals surface area contributed by atoms with Crippen LogP contribution in [0.1, 0.15) is 11.3 Å². The molecule has 0 atom stereocenters. The van der Waals surface area contributed by atoms with Crippen LogP contribution in [0.15, 0.2) is 65.1 Å². The van der Waals surface area contributed by atoms with E-state index in [4.69, 9.17) is 4.42 Å². The van der Waals surface area contributed by atoms with Gasteiger partial charge in [0.1, 0.15) is 17.3 Å². The summed E-state index contributed by atoms with van der Waals surface area (Å²) in [6.07, 6.45) is 1.49. The van der Waals surface area contributed by atoms with Gasteiger partial charge in [-0.3, -0.25) is 10.1 Å². The van der Waals surface area contributed by atoms with Crippen molar-refractivity contribution in [1.29, 1.82) is 5.26 Å². The van der Waals surface area contributed by atoms with Crippen molar-refractivity contribution < 1.29 is 13.7 Å². The van der Waals surface area contributed by atoms with Gasteiger partial charge in [0.05, 0.1) is 16.6 Å². The number of benzene rings is 2. The average molecular weight is 334 g/mol. The summed E-state index contributed by atoms with van der Waals surface area (Å²) >= 11 is 0. The SMILES string of the molecule is N#CC(=Cc1ccc(-c2cccc(F)c2)o1)c1cccc([N+](=O)[O-])c1. The van der Waals surface area contributed by atoms with Gasteiger partial charge in [-0.1, -0.05) is 24.3 Å². The van der Waals surface area contributed by atoms with E-state index >= 15 is 0 Å². The van der Waals surface area contributed by atoms with Gasteiger partial charge in [-0.2, -0.15) is 5.26 Å². The van der Waals surface area contributed by atoms with Crippen molar-refractivity contribution in [2.45, 2.75) is 0 Å². The normalized spacial score (nSPS) is 11.1. The van der Waals surface area contributed by atoms with Gasteiger partial charge in [-0.15, -0.1) is 0 Å². The average Bonchev–Trinajstić information content (AvgIpc) is 3.08. The van der Waals surface area contributed by atoms with E-state index in [0.29, 0.717) is 22.6 Å². The number of nitro groups is 1. The number of nitro benzene ring substituents is 1. The Bertz CT molecular complexity index is 1020. The molecule has 0 amide bonds. The van der Waals surface area contributed by atoms with E-state index in [-0.39, 0.29) is 17.1 Å². The van der Waals surface area contributed by atoms with Gasteiger partial charge in [0, 0.05) is 17.7 Å². The molecule has 0 unspecified atom stereocenters. The maximum absolute atomic E-state index is 13.3. The number of furan rings is 1. The Kier molecular flexibility index (Phi) is 4.40. The van der Waals surface area contributed by atoms with Crippen LogP contribution in [0.3, 0.4) is 0 Å². The third-order valence-corrected chi connectivity index (χ3v) is 3.51. The van der Waals surface area contributed by atoms with Crippen LogP contribution in [0.2, 0.25) is 0 Å². The highest BCUT2D eigenvalue weighted by molar-refractivity contribution is 5.89. The summed E-state index contributed by atoms with van der Waals surface area (Å²) in [5.74, 6) is 0.477. The Labute approximate surface area is 142 Å². The summed E-state index contributed by atoms with van der Waals surface area (Å²) in [6, 6.07) is 17.1. The van der Waals surface area contributed by atoms with Crippen LogP contribution in [-0.2, 0) is 0 Å². The smallest absolute Gasteiger partial charge is 0.270 e. The van der Waals surface area contributed by atoms with Gasteiger partial charge < -0.3 is 4.42 Å². The first-order valence-electron chi connectivity index (χ1n) is 7.29. The summed E-state index contributed by atoms with van der Waals surface area (Å²) in [5, 5.41) is 20.2. The molecule has 0 N–H and O–H groups in total. The fourth-order valence-corrected chi connectivity index (χ4v) is 2.34. The van der Waals surface area contributed by atoms with Crippen molar-refractivity contribution in [3.63, 3.8) is 0 Å². The van der Waals surface area contributed by atoms with Gasteiger partial charge in [0.25, 0.3) is 5.69 Å². The largest absolute Gasteiger partial charge is 0.457 e. The first kappa shape index (κ1) is 16.1. The lowest BCUT2D eigenvalue weighted by molar-refractivity contribution is -0.384. The third-order valence-electron chi connectivity index (χ3n) is 3.51. The maximum atomic E-state index is 13.3. The Morgan fingerprint density at radius 1 is 1.16 bits per heavy atom. The van der Waals surface area contributed by atoms with Crippen LogP contribution < -0.4 is 0 Å². The molecule has 0 saturated carbocycles. The van der Waals surface area contributed by atoms with Crippen LogP contribution >= 0.6 is 0 Å². The van der Waals surface area contributed by atoms with Crippen molar-refractivity contribution in [2.75, 3.05) is 0 Å². The van der Waals surface area contributed by atoms with Gasteiger partial charge in [-0.05, 0) is 35.9 Å². The molecule has 3 rings (SSSR count). The number of rotatable bonds is 4. The lowest BCUT2D eigenvalue weighted by Crippen LogP contribution is -1.89. The van der Waals surface area contributed by atoms with Crippen LogP contribution in [0, 0.1) is 27.3 Å². The second-order valence-corrected chi connectivity index (χ2v) is 5.19. The predicted molar refractivity (Wildman–Crippen MR) is 90.7 cm³/mol. The molecule has 0 aliphatic heterocycles. The fourth-order valence-electron chi connectivity index (χ4n) is 2.34. The molecular weight excluding hydrogens is 323 g/mol. The Morgan fingerprint density at radius 2 is 1.96 bits per heavy atom. The minimum atomic E-state index is -0.520. The third kappa shape index (κ3) is 3.62. The lowest BCUT2D eigenvalue weighted by Gasteiger charge is -1.99. The van der Waals surface area contributed by atoms with E-state index in [1.807, 2.05) is 6.07 Å². The summed E-state index contributed by atoms with van der Waals surface area (Å²) in [5.41, 5.74) is 1.12. The molecule has 0 aliphatic carbocycles. The summed E-state index contributed by atoms with van der Waals surface area (Å²) in [4.78, 5) is 10.3. The van der Waals surface area contributed by atoms with E-state index in [1.54, 1.807) is 30.3 Å². The van der Waals surface area contributed by atoms with Crippen LogP contribution in [-0.4, -0.2) is 4.92 Å². The molecule has 5 nitrogen and oxygen atoms in total. The Balaban J connectivity index is 1.95. The molecule has 122 valence electrons. The molecule has 0 aliphatic rings. The van der Waals surface area contributed by atoms with Crippen molar-refractivity contribution in [3.8, 4) is 17.4 Å². The maximum Gasteiger partial charge on any atom is 0.270 e. The van der Waals surface area contributed by atoms with E-state index in [9.17, 15) is 19.8 Å². The second-order valence-electron chi connectivity index (χ2n) is 5.19. The van der Waals surface area contributed by atoms with E-state index < -0.39 is 4.92 Å². The van der Waals surface area contributed by atoms with E-state index in [2.05, 4.69) is 0 Å². The zero-order valence-corrected chi connectivity index (χ0v) is 12.8. The summed E-state index contributed by atoms with van der Waals surface area (Å²) in [7, 11) is 0. The van der Waals surface area contributed by atoms with E-state index in [1.165, 1.54) is 36.4 Å². The minimum absolute atomic E-state index is 0.0986. The molecule has 6 heteroatoms. The standard InChI is InChI=1S/C19H11FN2O3/c20-16-5-1-4-14(9-16)19-8-7-18(25-19)11-15(12-21)13-3-2-6-17(10-13)22(23)24/h1-11H. The number of hydrogen-bond acceptors (Lipinski definition) is 4. The highest BCUT2D eigenvalue weighted by Gasteiger charge is 2.10. The van der Waals surface area contributed by atoms with E-state index in [0.717, 1.165) is 0 Å². The number of nitriles is 1. The molecule has 0 fully saturated rings. The zero-order valence-electron chi connectivity index (χ0n) is 12.8. The van der Waals surface area contributed by atoms with Crippen molar-refractivity contribution in [1.82, 2.24) is 0 Å². The second kappa shape index (κ2) is 6.81. The number of halogens is 1. The highest BCUT2D eigenvalue weighted by Crippen LogP contribution is 2.26. The molecule has 0 radical (unpaired) electrons.